The number of anilines is 2. The molecule has 142 valence electrons. The molecule has 29 heavy (non-hydrogen) atoms. The van der Waals surface area contributed by atoms with Gasteiger partial charge in [-0.15, -0.1) is 0 Å². The van der Waals surface area contributed by atoms with Crippen molar-refractivity contribution < 1.29 is 9.85 Å². The lowest BCUT2D eigenvalue weighted by atomic mass is 10.1. The average Bonchev–Trinajstić information content (AvgIpc) is 2.74. The number of fused-ring (bicyclic) bond motifs is 1. The molecule has 0 amide bonds. The third kappa shape index (κ3) is 3.69. The summed E-state index contributed by atoms with van der Waals surface area (Å²) in [5.41, 5.74) is 2.38. The Kier molecular flexibility index (Phi) is 4.54. The molecule has 9 nitrogen and oxygen atoms in total. The minimum Gasteiger partial charge on any atom is -0.324 e. The number of hydrogen-bond donors (Lipinski definition) is 1. The van der Waals surface area contributed by atoms with Gasteiger partial charge >= 0.3 is 0 Å². The fourth-order valence-electron chi connectivity index (χ4n) is 2.90. The smallest absolute Gasteiger partial charge is 0.270 e. The van der Waals surface area contributed by atoms with Crippen molar-refractivity contribution >= 4 is 33.9 Å². The topological polar surface area (TPSA) is 124 Å². The molecule has 0 aliphatic rings. The number of non-ortho nitro benzene ring substituents is 2. The number of rotatable bonds is 5. The molecule has 4 aromatic rings. The second-order valence-corrected chi connectivity index (χ2v) is 6.15. The Morgan fingerprint density at radius 2 is 1.41 bits per heavy atom. The molecule has 0 unspecified atom stereocenters. The average molecular weight is 387 g/mol. The molecule has 9 heteroatoms. The lowest BCUT2D eigenvalue weighted by molar-refractivity contribution is -0.385. The van der Waals surface area contributed by atoms with Crippen LogP contribution in [0.15, 0.2) is 72.8 Å². The van der Waals surface area contributed by atoms with Gasteiger partial charge in [0.2, 0.25) is 5.95 Å². The maximum atomic E-state index is 11.2. The van der Waals surface area contributed by atoms with Crippen LogP contribution in [0.5, 0.6) is 0 Å². The van der Waals surface area contributed by atoms with Crippen LogP contribution in [0.4, 0.5) is 23.0 Å². The summed E-state index contributed by atoms with van der Waals surface area (Å²) in [4.78, 5) is 30.0. The fraction of sp³-hybridized carbons (Fsp3) is 0. The Balaban J connectivity index is 1.82. The first-order chi connectivity index (χ1) is 14.0. The first-order valence-electron chi connectivity index (χ1n) is 8.54. The summed E-state index contributed by atoms with van der Waals surface area (Å²) in [7, 11) is 0. The standard InChI is InChI=1S/C20H13N5O4/c26-24(27)15-8-6-14(7-9-15)21-20-22-18-11-10-16(25(28)29)12-17(18)19(23-20)13-4-2-1-3-5-13/h1-12H,(H,21,22,23). The van der Waals surface area contributed by atoms with E-state index in [4.69, 9.17) is 0 Å². The largest absolute Gasteiger partial charge is 0.324 e. The minimum atomic E-state index is -0.475. The van der Waals surface area contributed by atoms with Crippen LogP contribution >= 0.6 is 0 Å². The molecule has 0 saturated heterocycles. The van der Waals surface area contributed by atoms with Crippen LogP contribution in [-0.4, -0.2) is 19.8 Å². The minimum absolute atomic E-state index is 0.0211. The van der Waals surface area contributed by atoms with E-state index in [2.05, 4.69) is 15.3 Å². The summed E-state index contributed by atoms with van der Waals surface area (Å²) in [6, 6.07) is 19.6. The van der Waals surface area contributed by atoms with Crippen molar-refractivity contribution in [3.8, 4) is 11.3 Å². The number of nitrogens with zero attached hydrogens (tertiary/aromatic N) is 4. The normalized spacial score (nSPS) is 10.6. The van der Waals surface area contributed by atoms with E-state index in [0.717, 1.165) is 5.56 Å². The molecule has 0 radical (unpaired) electrons. The lowest BCUT2D eigenvalue weighted by Crippen LogP contribution is -2.00. The van der Waals surface area contributed by atoms with Gasteiger partial charge in [-0.25, -0.2) is 9.97 Å². The maximum Gasteiger partial charge on any atom is 0.270 e. The molecule has 1 N–H and O–H groups in total. The van der Waals surface area contributed by atoms with Gasteiger partial charge in [-0.2, -0.15) is 0 Å². The van der Waals surface area contributed by atoms with Crippen LogP contribution < -0.4 is 5.32 Å². The zero-order valence-electron chi connectivity index (χ0n) is 14.9. The predicted molar refractivity (Wildman–Crippen MR) is 108 cm³/mol. The molecule has 4 rings (SSSR count). The molecule has 0 bridgehead atoms. The summed E-state index contributed by atoms with van der Waals surface area (Å²) in [5, 5.41) is 25.6. The number of nitro benzene ring substituents is 2. The second-order valence-electron chi connectivity index (χ2n) is 6.15. The van der Waals surface area contributed by atoms with E-state index in [9.17, 15) is 20.2 Å². The van der Waals surface area contributed by atoms with E-state index in [1.54, 1.807) is 18.2 Å². The van der Waals surface area contributed by atoms with E-state index >= 15 is 0 Å². The van der Waals surface area contributed by atoms with Gasteiger partial charge < -0.3 is 5.32 Å². The van der Waals surface area contributed by atoms with Crippen LogP contribution in [-0.2, 0) is 0 Å². The predicted octanol–water partition coefficient (Wildman–Crippen LogP) is 4.86. The first-order valence-corrected chi connectivity index (χ1v) is 8.54. The molecule has 0 aliphatic heterocycles. The molecule has 1 aromatic heterocycles. The maximum absolute atomic E-state index is 11.2. The molecule has 0 atom stereocenters. The second kappa shape index (κ2) is 7.31. The van der Waals surface area contributed by atoms with Gasteiger partial charge in [0.05, 0.1) is 21.1 Å². The summed E-state index contributed by atoms with van der Waals surface area (Å²) in [5.74, 6) is 0.277. The number of aromatic nitrogens is 2. The SMILES string of the molecule is O=[N+]([O-])c1ccc(Nc2nc(-c3ccccc3)c3cc([N+](=O)[O-])ccc3n2)cc1. The molecular formula is C20H13N5O4. The molecule has 0 aliphatic carbocycles. The Bertz CT molecular complexity index is 1230. The number of benzene rings is 3. The van der Waals surface area contributed by atoms with Crippen molar-refractivity contribution in [3.63, 3.8) is 0 Å². The van der Waals surface area contributed by atoms with Gasteiger partial charge in [0.15, 0.2) is 0 Å². The molecule has 3 aromatic carbocycles. The summed E-state index contributed by atoms with van der Waals surface area (Å²) in [6.07, 6.45) is 0. The van der Waals surface area contributed by atoms with E-state index in [-0.39, 0.29) is 17.3 Å². The highest BCUT2D eigenvalue weighted by Crippen LogP contribution is 2.31. The summed E-state index contributed by atoms with van der Waals surface area (Å²) >= 11 is 0. The highest BCUT2D eigenvalue weighted by atomic mass is 16.6. The van der Waals surface area contributed by atoms with Crippen molar-refractivity contribution in [2.75, 3.05) is 5.32 Å². The van der Waals surface area contributed by atoms with Gasteiger partial charge in [0.25, 0.3) is 11.4 Å². The third-order valence-corrected chi connectivity index (χ3v) is 4.27. The Morgan fingerprint density at radius 1 is 0.759 bits per heavy atom. The van der Waals surface area contributed by atoms with Crippen molar-refractivity contribution in [2.24, 2.45) is 0 Å². The van der Waals surface area contributed by atoms with Gasteiger partial charge in [0, 0.05) is 40.9 Å². The quantitative estimate of drug-likeness (QED) is 0.383. The third-order valence-electron chi connectivity index (χ3n) is 4.27. The van der Waals surface area contributed by atoms with Crippen LogP contribution in [0, 0.1) is 20.2 Å². The Hall–Kier alpha value is -4.40. The van der Waals surface area contributed by atoms with Crippen molar-refractivity contribution in [1.82, 2.24) is 9.97 Å². The zero-order valence-corrected chi connectivity index (χ0v) is 14.9. The fourth-order valence-corrected chi connectivity index (χ4v) is 2.90. The number of nitro groups is 2. The summed E-state index contributed by atoms with van der Waals surface area (Å²) in [6.45, 7) is 0. The Morgan fingerprint density at radius 3 is 2.07 bits per heavy atom. The highest BCUT2D eigenvalue weighted by Gasteiger charge is 2.15. The van der Waals surface area contributed by atoms with E-state index < -0.39 is 9.85 Å². The van der Waals surface area contributed by atoms with Gasteiger partial charge in [-0.3, -0.25) is 20.2 Å². The highest BCUT2D eigenvalue weighted by molar-refractivity contribution is 5.94. The van der Waals surface area contributed by atoms with E-state index in [1.807, 2.05) is 30.3 Å². The van der Waals surface area contributed by atoms with Gasteiger partial charge in [-0.05, 0) is 18.2 Å². The van der Waals surface area contributed by atoms with Crippen molar-refractivity contribution in [1.29, 1.82) is 0 Å². The lowest BCUT2D eigenvalue weighted by Gasteiger charge is -2.10. The van der Waals surface area contributed by atoms with Crippen molar-refractivity contribution in [3.05, 3.63) is 93.0 Å². The van der Waals surface area contributed by atoms with Gasteiger partial charge in [0.1, 0.15) is 0 Å². The molecule has 0 fully saturated rings. The van der Waals surface area contributed by atoms with E-state index in [1.165, 1.54) is 24.3 Å². The molecule has 0 saturated carbocycles. The van der Waals surface area contributed by atoms with E-state index in [0.29, 0.717) is 22.3 Å². The Labute approximate surface area is 164 Å². The first kappa shape index (κ1) is 18.0. The van der Waals surface area contributed by atoms with Crippen LogP contribution in [0.1, 0.15) is 0 Å². The molecule has 0 spiro atoms. The molecular weight excluding hydrogens is 374 g/mol. The zero-order chi connectivity index (χ0) is 20.4. The summed E-state index contributed by atoms with van der Waals surface area (Å²) < 4.78 is 0. The van der Waals surface area contributed by atoms with Crippen LogP contribution in [0.2, 0.25) is 0 Å². The van der Waals surface area contributed by atoms with Crippen LogP contribution in [0.3, 0.4) is 0 Å². The number of hydrogen-bond acceptors (Lipinski definition) is 7. The van der Waals surface area contributed by atoms with Crippen molar-refractivity contribution in [2.45, 2.75) is 0 Å². The molecule has 1 heterocycles. The van der Waals surface area contributed by atoms with Gasteiger partial charge in [-0.1, -0.05) is 30.3 Å². The monoisotopic (exact) mass is 387 g/mol. The van der Waals surface area contributed by atoms with Crippen LogP contribution in [0.25, 0.3) is 22.2 Å². The number of nitrogens with one attached hydrogen (secondary N) is 1.